The van der Waals surface area contributed by atoms with Gasteiger partial charge in [-0.05, 0) is 19.3 Å². The number of Topliss-reactive ketones (excluding diaryl/α,β-unsaturated/α-hetero) is 1. The third-order valence-corrected chi connectivity index (χ3v) is 2.38. The summed E-state index contributed by atoms with van der Waals surface area (Å²) >= 11 is 0. The van der Waals surface area contributed by atoms with Crippen LogP contribution < -0.4 is 0 Å². The summed E-state index contributed by atoms with van der Waals surface area (Å²) in [5, 5.41) is 8.74. The molecule has 0 aromatic rings. The van der Waals surface area contributed by atoms with Gasteiger partial charge in [-0.15, -0.1) is 0 Å². The van der Waals surface area contributed by atoms with Gasteiger partial charge in [0.1, 0.15) is 11.2 Å². The zero-order chi connectivity index (χ0) is 8.65. The van der Waals surface area contributed by atoms with Crippen LogP contribution in [0.4, 0.5) is 0 Å². The number of carboxylic acids is 1. The summed E-state index contributed by atoms with van der Waals surface area (Å²) in [4.78, 5) is 21.8. The maximum atomic E-state index is 11.2. The number of aliphatic carboxylic acids is 1. The van der Waals surface area contributed by atoms with Crippen LogP contribution in [0.3, 0.4) is 0 Å². The van der Waals surface area contributed by atoms with Crippen molar-refractivity contribution in [2.75, 3.05) is 0 Å². The zero-order valence-electron chi connectivity index (χ0n) is 6.76. The van der Waals surface area contributed by atoms with E-state index in [1.807, 2.05) is 6.92 Å². The van der Waals surface area contributed by atoms with Gasteiger partial charge in [0, 0.05) is 6.42 Å². The van der Waals surface area contributed by atoms with Gasteiger partial charge >= 0.3 is 5.97 Å². The van der Waals surface area contributed by atoms with E-state index in [1.165, 1.54) is 6.92 Å². The molecule has 0 radical (unpaired) electrons. The first kappa shape index (κ1) is 8.24. The van der Waals surface area contributed by atoms with Gasteiger partial charge < -0.3 is 5.11 Å². The molecule has 1 aliphatic carbocycles. The van der Waals surface area contributed by atoms with E-state index < -0.39 is 11.4 Å². The largest absolute Gasteiger partial charge is 0.481 e. The van der Waals surface area contributed by atoms with E-state index in [2.05, 4.69) is 0 Å². The van der Waals surface area contributed by atoms with E-state index in [9.17, 15) is 9.59 Å². The second-order valence-electron chi connectivity index (χ2n) is 3.57. The number of hydrogen-bond acceptors (Lipinski definition) is 2. The molecule has 0 heterocycles. The molecular formula is C8H12O3. The van der Waals surface area contributed by atoms with Crippen LogP contribution in [0.5, 0.6) is 0 Å². The summed E-state index contributed by atoms with van der Waals surface area (Å²) in [5.74, 6) is -0.882. The number of hydrogen-bond donors (Lipinski definition) is 1. The third kappa shape index (κ3) is 1.15. The molecule has 0 aromatic carbocycles. The fraction of sp³-hybridized carbons (Fsp3) is 0.750. The summed E-state index contributed by atoms with van der Waals surface area (Å²) in [5.41, 5.74) is -1.10. The number of carbonyl (C=O) groups is 2. The molecular weight excluding hydrogens is 144 g/mol. The summed E-state index contributed by atoms with van der Waals surface area (Å²) in [7, 11) is 0. The number of rotatable bonds is 1. The van der Waals surface area contributed by atoms with Crippen LogP contribution in [0.25, 0.3) is 0 Å². The lowest BCUT2D eigenvalue weighted by Crippen LogP contribution is -2.31. The lowest BCUT2D eigenvalue weighted by atomic mass is 9.87. The SMILES string of the molecule is CC1CC(=O)C(C)(C(=O)O)C1. The quantitative estimate of drug-likeness (QED) is 0.578. The van der Waals surface area contributed by atoms with Gasteiger partial charge in [-0.3, -0.25) is 9.59 Å². The predicted octanol–water partition coefficient (Wildman–Crippen LogP) is 1.08. The van der Waals surface area contributed by atoms with Crippen molar-refractivity contribution in [3.63, 3.8) is 0 Å². The molecule has 1 rings (SSSR count). The van der Waals surface area contributed by atoms with E-state index in [0.717, 1.165) is 0 Å². The molecule has 0 aromatic heterocycles. The Kier molecular flexibility index (Phi) is 1.74. The van der Waals surface area contributed by atoms with Crippen molar-refractivity contribution < 1.29 is 14.7 Å². The predicted molar refractivity (Wildman–Crippen MR) is 39.1 cm³/mol. The number of carbonyl (C=O) groups excluding carboxylic acids is 1. The van der Waals surface area contributed by atoms with Crippen molar-refractivity contribution in [2.45, 2.75) is 26.7 Å². The fourth-order valence-electron chi connectivity index (χ4n) is 1.63. The molecule has 2 atom stereocenters. The molecule has 0 saturated heterocycles. The minimum atomic E-state index is -1.10. The van der Waals surface area contributed by atoms with Crippen LogP contribution in [0.2, 0.25) is 0 Å². The number of carboxylic acid groups (broad SMARTS) is 1. The van der Waals surface area contributed by atoms with Crippen molar-refractivity contribution >= 4 is 11.8 Å². The van der Waals surface area contributed by atoms with Crippen molar-refractivity contribution in [1.29, 1.82) is 0 Å². The van der Waals surface area contributed by atoms with Crippen LogP contribution in [0, 0.1) is 11.3 Å². The van der Waals surface area contributed by atoms with E-state index in [4.69, 9.17) is 5.11 Å². The van der Waals surface area contributed by atoms with Gasteiger partial charge in [0.25, 0.3) is 0 Å². The van der Waals surface area contributed by atoms with Gasteiger partial charge in [0.2, 0.25) is 0 Å². The monoisotopic (exact) mass is 156 g/mol. The Balaban J connectivity index is 2.88. The molecule has 3 nitrogen and oxygen atoms in total. The maximum absolute atomic E-state index is 11.2. The van der Waals surface area contributed by atoms with Crippen LogP contribution in [0.15, 0.2) is 0 Å². The van der Waals surface area contributed by atoms with E-state index in [0.29, 0.717) is 12.8 Å². The Labute approximate surface area is 65.4 Å². The fourth-order valence-corrected chi connectivity index (χ4v) is 1.63. The number of ketones is 1. The molecule has 11 heavy (non-hydrogen) atoms. The Morgan fingerprint density at radius 3 is 2.45 bits per heavy atom. The van der Waals surface area contributed by atoms with Crippen LogP contribution in [-0.4, -0.2) is 16.9 Å². The van der Waals surface area contributed by atoms with Crippen LogP contribution >= 0.6 is 0 Å². The summed E-state index contributed by atoms with van der Waals surface area (Å²) in [6.45, 7) is 3.42. The van der Waals surface area contributed by atoms with Gasteiger partial charge in [-0.2, -0.15) is 0 Å². The smallest absolute Gasteiger partial charge is 0.316 e. The third-order valence-electron chi connectivity index (χ3n) is 2.38. The minimum absolute atomic E-state index is 0.127. The highest BCUT2D eigenvalue weighted by atomic mass is 16.4. The Bertz CT molecular complexity index is 209. The summed E-state index contributed by atoms with van der Waals surface area (Å²) in [6, 6.07) is 0. The van der Waals surface area contributed by atoms with Crippen molar-refractivity contribution in [3.05, 3.63) is 0 Å². The molecule has 0 aliphatic heterocycles. The average molecular weight is 156 g/mol. The average Bonchev–Trinajstić information content (AvgIpc) is 2.08. The van der Waals surface area contributed by atoms with Gasteiger partial charge in [0.05, 0.1) is 0 Å². The molecule has 62 valence electrons. The molecule has 0 spiro atoms. The lowest BCUT2D eigenvalue weighted by molar-refractivity contribution is -0.152. The minimum Gasteiger partial charge on any atom is -0.481 e. The highest BCUT2D eigenvalue weighted by Gasteiger charge is 2.47. The molecule has 1 N–H and O–H groups in total. The van der Waals surface area contributed by atoms with Crippen molar-refractivity contribution in [3.8, 4) is 0 Å². The zero-order valence-corrected chi connectivity index (χ0v) is 6.76. The van der Waals surface area contributed by atoms with Crippen molar-refractivity contribution in [2.24, 2.45) is 11.3 Å². The lowest BCUT2D eigenvalue weighted by Gasteiger charge is -2.14. The topological polar surface area (TPSA) is 54.4 Å². The second-order valence-corrected chi connectivity index (χ2v) is 3.57. The summed E-state index contributed by atoms with van der Waals surface area (Å²) < 4.78 is 0. The van der Waals surface area contributed by atoms with E-state index in [1.54, 1.807) is 0 Å². The molecule has 3 heteroatoms. The van der Waals surface area contributed by atoms with E-state index in [-0.39, 0.29) is 11.7 Å². The molecule has 0 bridgehead atoms. The molecule has 0 amide bonds. The highest BCUT2D eigenvalue weighted by Crippen LogP contribution is 2.38. The highest BCUT2D eigenvalue weighted by molar-refractivity contribution is 6.04. The molecule has 1 aliphatic rings. The van der Waals surface area contributed by atoms with Gasteiger partial charge in [-0.25, -0.2) is 0 Å². The first-order valence-corrected chi connectivity index (χ1v) is 3.73. The first-order chi connectivity index (χ1) is 4.97. The van der Waals surface area contributed by atoms with Crippen molar-refractivity contribution in [1.82, 2.24) is 0 Å². The van der Waals surface area contributed by atoms with Gasteiger partial charge in [0.15, 0.2) is 0 Å². The molecule has 1 saturated carbocycles. The standard InChI is InChI=1S/C8H12O3/c1-5-3-6(9)8(2,4-5)7(10)11/h5H,3-4H2,1-2H3,(H,10,11). The maximum Gasteiger partial charge on any atom is 0.316 e. The molecule has 1 fully saturated rings. The van der Waals surface area contributed by atoms with Crippen LogP contribution in [0.1, 0.15) is 26.7 Å². The normalized spacial score (nSPS) is 37.6. The Morgan fingerprint density at radius 2 is 2.27 bits per heavy atom. The van der Waals surface area contributed by atoms with Crippen LogP contribution in [-0.2, 0) is 9.59 Å². The molecule has 2 unspecified atom stereocenters. The second kappa shape index (κ2) is 2.32. The summed E-state index contributed by atoms with van der Waals surface area (Å²) in [6.07, 6.45) is 0.907. The first-order valence-electron chi connectivity index (χ1n) is 3.73. The Hall–Kier alpha value is -0.860. The van der Waals surface area contributed by atoms with E-state index >= 15 is 0 Å². The Morgan fingerprint density at radius 1 is 1.73 bits per heavy atom. The van der Waals surface area contributed by atoms with Gasteiger partial charge in [-0.1, -0.05) is 6.92 Å².